The monoisotopic (exact) mass is 503 g/mol. The van der Waals surface area contributed by atoms with Crippen molar-refractivity contribution >= 4 is 28.7 Å². The van der Waals surface area contributed by atoms with Crippen LogP contribution in [-0.2, 0) is 9.53 Å². The normalized spacial score (nSPS) is 15.3. The number of esters is 1. The largest absolute Gasteiger partial charge is 1.00 e. The SMILES string of the molecule is CCOC(=O)C1=C(C)NC(SCC(=O)c2ccccc2)=NC1c1ccc(OC)cc1.[Br-]. The molecule has 0 bridgehead atoms. The molecule has 1 unspecified atom stereocenters. The topological polar surface area (TPSA) is 77.0 Å². The van der Waals surface area contributed by atoms with Gasteiger partial charge in [-0.3, -0.25) is 4.79 Å². The van der Waals surface area contributed by atoms with Gasteiger partial charge in [0.1, 0.15) is 11.8 Å². The van der Waals surface area contributed by atoms with Crippen LogP contribution >= 0.6 is 11.8 Å². The Labute approximate surface area is 196 Å². The molecule has 0 fully saturated rings. The van der Waals surface area contributed by atoms with Crippen LogP contribution in [0.25, 0.3) is 0 Å². The van der Waals surface area contributed by atoms with E-state index in [4.69, 9.17) is 14.5 Å². The number of allylic oxidation sites excluding steroid dienone is 1. The first-order valence-electron chi connectivity index (χ1n) is 9.61. The lowest BCUT2D eigenvalue weighted by Gasteiger charge is -2.25. The van der Waals surface area contributed by atoms with Gasteiger partial charge < -0.3 is 31.8 Å². The minimum Gasteiger partial charge on any atom is -1.00 e. The Morgan fingerprint density at radius 1 is 1.10 bits per heavy atom. The fourth-order valence-corrected chi connectivity index (χ4v) is 3.90. The van der Waals surface area contributed by atoms with Crippen molar-refractivity contribution in [2.45, 2.75) is 19.9 Å². The molecular formula is C23H24BrN2O4S-. The number of ketones is 1. The second-order valence-corrected chi connectivity index (χ2v) is 7.54. The maximum Gasteiger partial charge on any atom is 0.338 e. The summed E-state index contributed by atoms with van der Waals surface area (Å²) in [5.74, 6) is 0.575. The first kappa shape index (κ1) is 24.7. The van der Waals surface area contributed by atoms with Gasteiger partial charge in [0.2, 0.25) is 0 Å². The van der Waals surface area contributed by atoms with Crippen LogP contribution < -0.4 is 27.0 Å². The number of thioether (sulfide) groups is 1. The average molecular weight is 504 g/mol. The van der Waals surface area contributed by atoms with Crippen LogP contribution in [0.3, 0.4) is 0 Å². The Bertz CT molecular complexity index is 975. The van der Waals surface area contributed by atoms with E-state index in [1.807, 2.05) is 49.4 Å². The van der Waals surface area contributed by atoms with Gasteiger partial charge in [0.05, 0.1) is 25.0 Å². The molecule has 0 spiro atoms. The summed E-state index contributed by atoms with van der Waals surface area (Å²) >= 11 is 1.32. The van der Waals surface area contributed by atoms with Gasteiger partial charge in [-0.2, -0.15) is 0 Å². The second-order valence-electron chi connectivity index (χ2n) is 6.57. The lowest BCUT2D eigenvalue weighted by molar-refractivity contribution is -0.138. The molecule has 2 aromatic carbocycles. The third-order valence-electron chi connectivity index (χ3n) is 4.58. The molecule has 31 heavy (non-hydrogen) atoms. The predicted molar refractivity (Wildman–Crippen MR) is 119 cm³/mol. The summed E-state index contributed by atoms with van der Waals surface area (Å²) in [7, 11) is 1.60. The number of aliphatic imine (C=N–C) groups is 1. The van der Waals surface area contributed by atoms with Crippen LogP contribution in [0.1, 0.15) is 35.8 Å². The molecule has 164 valence electrons. The number of nitrogens with one attached hydrogen (secondary N) is 1. The molecule has 1 atom stereocenters. The fraction of sp³-hybridized carbons (Fsp3) is 0.261. The van der Waals surface area contributed by atoms with Crippen LogP contribution in [0.5, 0.6) is 5.75 Å². The Balaban J connectivity index is 0.00000341. The zero-order chi connectivity index (χ0) is 21.5. The van der Waals surface area contributed by atoms with Crippen LogP contribution in [0.2, 0.25) is 0 Å². The third-order valence-corrected chi connectivity index (χ3v) is 5.47. The van der Waals surface area contributed by atoms with E-state index in [0.29, 0.717) is 22.0 Å². The Hall–Kier alpha value is -2.58. The first-order valence-corrected chi connectivity index (χ1v) is 10.6. The zero-order valence-electron chi connectivity index (χ0n) is 17.6. The molecule has 0 radical (unpaired) electrons. The molecular weight excluding hydrogens is 480 g/mol. The van der Waals surface area contributed by atoms with E-state index in [2.05, 4.69) is 5.32 Å². The van der Waals surface area contributed by atoms with Crippen LogP contribution in [0, 0.1) is 0 Å². The number of nitrogens with zero attached hydrogens (tertiary/aromatic N) is 1. The number of halogens is 1. The molecule has 0 aliphatic carbocycles. The van der Waals surface area contributed by atoms with E-state index >= 15 is 0 Å². The minimum absolute atomic E-state index is 0. The molecule has 6 nitrogen and oxygen atoms in total. The Morgan fingerprint density at radius 3 is 2.39 bits per heavy atom. The zero-order valence-corrected chi connectivity index (χ0v) is 20.0. The molecule has 0 aromatic heterocycles. The standard InChI is InChI=1S/C23H24N2O4S.BrH/c1-4-29-22(27)20-15(2)24-23(30-14-19(26)16-8-6-5-7-9-16)25-21(20)17-10-12-18(28-3)13-11-17;/h5-13,21H,4,14H2,1-3H3,(H,24,25);1H/p-1. The van der Waals surface area contributed by atoms with E-state index in [-0.39, 0.29) is 35.1 Å². The number of Topliss-reactive ketones (excluding diaryl/α,β-unsaturated/α-hetero) is 1. The highest BCUT2D eigenvalue weighted by Gasteiger charge is 2.30. The highest BCUT2D eigenvalue weighted by molar-refractivity contribution is 8.14. The molecule has 0 saturated heterocycles. The summed E-state index contributed by atoms with van der Waals surface area (Å²) in [5, 5.41) is 3.74. The number of amidine groups is 1. The smallest absolute Gasteiger partial charge is 0.338 e. The minimum atomic E-state index is -0.523. The van der Waals surface area contributed by atoms with Gasteiger partial charge in [-0.1, -0.05) is 54.2 Å². The highest BCUT2D eigenvalue weighted by atomic mass is 79.9. The van der Waals surface area contributed by atoms with Gasteiger partial charge in [-0.25, -0.2) is 9.79 Å². The summed E-state index contributed by atoms with van der Waals surface area (Å²) in [6.45, 7) is 3.87. The number of hydrogen-bond acceptors (Lipinski definition) is 7. The number of methoxy groups -OCH3 is 1. The lowest BCUT2D eigenvalue weighted by Crippen LogP contribution is -3.00. The van der Waals surface area contributed by atoms with E-state index in [1.54, 1.807) is 26.2 Å². The molecule has 1 heterocycles. The van der Waals surface area contributed by atoms with E-state index < -0.39 is 12.0 Å². The lowest BCUT2D eigenvalue weighted by atomic mass is 9.96. The summed E-state index contributed by atoms with van der Waals surface area (Å²) < 4.78 is 10.5. The fourth-order valence-electron chi connectivity index (χ4n) is 3.06. The Kier molecular flexibility index (Phi) is 9.33. The van der Waals surface area contributed by atoms with Crippen molar-refractivity contribution in [3.05, 3.63) is 77.0 Å². The van der Waals surface area contributed by atoms with E-state index in [9.17, 15) is 9.59 Å². The molecule has 8 heteroatoms. The summed E-state index contributed by atoms with van der Waals surface area (Å²) in [5.41, 5.74) is 2.62. The predicted octanol–water partition coefficient (Wildman–Crippen LogP) is 1.15. The van der Waals surface area contributed by atoms with Crippen molar-refractivity contribution in [1.82, 2.24) is 5.32 Å². The van der Waals surface area contributed by atoms with E-state index in [1.165, 1.54) is 11.8 Å². The number of benzene rings is 2. The molecule has 2 aromatic rings. The summed E-state index contributed by atoms with van der Waals surface area (Å²) in [4.78, 5) is 29.8. The number of carbonyl (C=O) groups is 2. The van der Waals surface area contributed by atoms with Crippen molar-refractivity contribution in [3.63, 3.8) is 0 Å². The number of ether oxygens (including phenoxy) is 2. The molecule has 1 N–H and O–H groups in total. The molecule has 1 aliphatic rings. The Morgan fingerprint density at radius 2 is 1.77 bits per heavy atom. The molecule has 0 amide bonds. The van der Waals surface area contributed by atoms with Crippen LogP contribution in [-0.4, -0.2) is 36.4 Å². The van der Waals surface area contributed by atoms with Gasteiger partial charge >= 0.3 is 5.97 Å². The van der Waals surface area contributed by atoms with Gasteiger partial charge in [-0.15, -0.1) is 0 Å². The molecule has 1 aliphatic heterocycles. The molecule has 0 saturated carbocycles. The van der Waals surface area contributed by atoms with Gasteiger partial charge in [0.25, 0.3) is 0 Å². The first-order chi connectivity index (χ1) is 14.5. The maximum absolute atomic E-state index is 12.6. The number of hydrogen-bond donors (Lipinski definition) is 1. The number of rotatable bonds is 7. The summed E-state index contributed by atoms with van der Waals surface area (Å²) in [6.07, 6.45) is 0. The van der Waals surface area contributed by atoms with E-state index in [0.717, 1.165) is 11.3 Å². The summed E-state index contributed by atoms with van der Waals surface area (Å²) in [6, 6.07) is 16.0. The van der Waals surface area contributed by atoms with Gasteiger partial charge in [0, 0.05) is 11.3 Å². The third kappa shape index (κ3) is 6.21. The quantitative estimate of drug-likeness (QED) is 0.451. The average Bonchev–Trinajstić information content (AvgIpc) is 2.77. The van der Waals surface area contributed by atoms with Crippen LogP contribution in [0.15, 0.2) is 70.9 Å². The highest BCUT2D eigenvalue weighted by Crippen LogP contribution is 2.33. The van der Waals surface area contributed by atoms with Crippen molar-refractivity contribution in [1.29, 1.82) is 0 Å². The van der Waals surface area contributed by atoms with Crippen molar-refractivity contribution in [2.75, 3.05) is 19.5 Å². The van der Waals surface area contributed by atoms with Gasteiger partial charge in [-0.05, 0) is 31.5 Å². The number of carbonyl (C=O) groups excluding carboxylic acids is 2. The van der Waals surface area contributed by atoms with Crippen molar-refractivity contribution in [3.8, 4) is 5.75 Å². The van der Waals surface area contributed by atoms with Crippen LogP contribution in [0.4, 0.5) is 0 Å². The van der Waals surface area contributed by atoms with Crippen molar-refractivity contribution < 1.29 is 36.0 Å². The molecule has 3 rings (SSSR count). The van der Waals surface area contributed by atoms with Gasteiger partial charge in [0.15, 0.2) is 11.0 Å². The maximum atomic E-state index is 12.6. The van der Waals surface area contributed by atoms with Crippen molar-refractivity contribution in [2.24, 2.45) is 4.99 Å². The second kappa shape index (κ2) is 11.7.